The summed E-state index contributed by atoms with van der Waals surface area (Å²) in [7, 11) is 0. The molecular weight excluding hydrogens is 966 g/mol. The van der Waals surface area contributed by atoms with Crippen LogP contribution in [0.3, 0.4) is 0 Å². The molecule has 18 nitrogen and oxygen atoms in total. The molecule has 5 N–H and O–H groups in total. The van der Waals surface area contributed by atoms with E-state index in [0.717, 1.165) is 0 Å². The van der Waals surface area contributed by atoms with Crippen LogP contribution in [0.25, 0.3) is 45.7 Å². The van der Waals surface area contributed by atoms with Crippen molar-refractivity contribution in [2.75, 3.05) is 6.61 Å². The highest BCUT2D eigenvalue weighted by molar-refractivity contribution is 6.34. The van der Waals surface area contributed by atoms with E-state index in [2.05, 4.69) is 30.2 Å². The Kier molecular flexibility index (Phi) is 15.7. The van der Waals surface area contributed by atoms with Crippen molar-refractivity contribution in [1.29, 1.82) is 0 Å². The number of aliphatic carboxylic acids is 1. The lowest BCUT2D eigenvalue weighted by molar-refractivity contribution is -0.149. The number of carboxylic acid groups (broad SMARTS) is 1. The minimum atomic E-state index is -1.26. The molecule has 0 radical (unpaired) electrons. The number of pyridine rings is 2. The first-order valence-electron chi connectivity index (χ1n) is 21.6. The zero-order chi connectivity index (χ0) is 48.9. The molecule has 2 aliphatic carbocycles. The Labute approximate surface area is 410 Å². The van der Waals surface area contributed by atoms with Gasteiger partial charge in [0.05, 0.1) is 40.0 Å². The van der Waals surface area contributed by atoms with Crippen LogP contribution >= 0.6 is 46.4 Å². The van der Waals surface area contributed by atoms with Crippen LogP contribution in [0.15, 0.2) is 70.0 Å². The molecule has 360 valence electrons. The molecule has 4 unspecified atom stereocenters. The third-order valence-corrected chi connectivity index (χ3v) is 11.9. The molecule has 0 aliphatic heterocycles. The molecule has 2 fully saturated rings. The van der Waals surface area contributed by atoms with Crippen LogP contribution in [0, 0.1) is 0 Å². The fourth-order valence-corrected chi connectivity index (χ4v) is 8.34. The van der Waals surface area contributed by atoms with Gasteiger partial charge in [-0.3, -0.25) is 9.59 Å². The van der Waals surface area contributed by atoms with Gasteiger partial charge in [-0.25, -0.2) is 9.97 Å². The number of ether oxygens (including phenoxy) is 5. The molecule has 2 aromatic carbocycles. The number of nitrogens with zero attached hydrogens (tertiary/aromatic N) is 6. The molecule has 2 aliphatic rings. The van der Waals surface area contributed by atoms with E-state index in [1.807, 2.05) is 27.7 Å². The molecule has 8 rings (SSSR count). The van der Waals surface area contributed by atoms with E-state index >= 15 is 0 Å². The Hall–Kier alpha value is -5.76. The Morgan fingerprint density at radius 2 is 1.15 bits per heavy atom. The number of aromatic nitrogens is 6. The van der Waals surface area contributed by atoms with Crippen molar-refractivity contribution in [3.05, 3.63) is 81.0 Å². The first-order chi connectivity index (χ1) is 32.3. The first kappa shape index (κ1) is 50.1. The van der Waals surface area contributed by atoms with Crippen molar-refractivity contribution in [2.24, 2.45) is 11.5 Å². The lowest BCUT2D eigenvalue weighted by Crippen LogP contribution is -2.47. The number of hydrogen-bond acceptors (Lipinski definition) is 17. The second-order valence-electron chi connectivity index (χ2n) is 16.8. The van der Waals surface area contributed by atoms with Gasteiger partial charge in [0.25, 0.3) is 11.8 Å². The van der Waals surface area contributed by atoms with Crippen molar-refractivity contribution in [1.82, 2.24) is 30.2 Å². The molecule has 68 heavy (non-hydrogen) atoms. The number of halogens is 4. The lowest BCUT2D eigenvalue weighted by Gasteiger charge is -2.21. The van der Waals surface area contributed by atoms with E-state index in [1.165, 1.54) is 6.20 Å². The molecule has 4 heterocycles. The van der Waals surface area contributed by atoms with Crippen LogP contribution < -0.4 is 30.4 Å². The standard InChI is InChI=1S/C24H26Cl2N4O5.C22H22Cl2N4O5/c1-4-32-23(31)24(27)8-7-16(11-24)34-15-5-6-17(18(25)10-15)20-29-21(35-30-20)14-9-19(26)22(28-12-14)33-13(2)3;1-11(2)31-20-17(24)7-12(10-26-20)19-27-18(28-33-19)15-4-3-13(8-16(15)23)32-14-5-6-22(25,9-14)21(29)30/h5-6,9-10,12-13,16H,4,7-8,11,27H2,1-3H3;3-4,7-8,10-11,14H,5-6,9,25H2,1-2H3,(H,29,30). The van der Waals surface area contributed by atoms with Gasteiger partial charge in [0.2, 0.25) is 23.4 Å². The zero-order valence-corrected chi connectivity index (χ0v) is 40.5. The molecule has 0 bridgehead atoms. The van der Waals surface area contributed by atoms with E-state index < -0.39 is 23.0 Å². The van der Waals surface area contributed by atoms with Crippen LogP contribution in [0.5, 0.6) is 23.3 Å². The summed E-state index contributed by atoms with van der Waals surface area (Å²) in [5.74, 6) is 1.36. The van der Waals surface area contributed by atoms with Gasteiger partial charge in [0.15, 0.2) is 0 Å². The van der Waals surface area contributed by atoms with Gasteiger partial charge in [0.1, 0.15) is 44.8 Å². The van der Waals surface area contributed by atoms with Gasteiger partial charge < -0.3 is 49.3 Å². The largest absolute Gasteiger partial charge is 0.490 e. The lowest BCUT2D eigenvalue weighted by atomic mass is 9.99. The Bertz CT molecular complexity index is 2770. The second kappa shape index (κ2) is 21.3. The predicted molar refractivity (Wildman–Crippen MR) is 252 cm³/mol. The number of rotatable bonds is 15. The molecule has 0 spiro atoms. The summed E-state index contributed by atoms with van der Waals surface area (Å²) in [6, 6.07) is 13.5. The van der Waals surface area contributed by atoms with E-state index in [4.69, 9.17) is 90.6 Å². The number of carboxylic acids is 1. The summed E-state index contributed by atoms with van der Waals surface area (Å²) in [5, 5.41) is 18.7. The number of carbonyl (C=O) groups excluding carboxylic acids is 1. The van der Waals surface area contributed by atoms with Crippen molar-refractivity contribution in [2.45, 2.75) is 109 Å². The van der Waals surface area contributed by atoms with Crippen molar-refractivity contribution in [3.8, 4) is 68.9 Å². The maximum atomic E-state index is 12.1. The number of esters is 1. The summed E-state index contributed by atoms with van der Waals surface area (Å²) in [4.78, 5) is 40.7. The molecule has 2 saturated carbocycles. The topological polar surface area (TPSA) is 256 Å². The van der Waals surface area contributed by atoms with Gasteiger partial charge >= 0.3 is 11.9 Å². The summed E-state index contributed by atoms with van der Waals surface area (Å²) in [6.07, 6.45) is 5.09. The van der Waals surface area contributed by atoms with Crippen molar-refractivity contribution < 1.29 is 47.4 Å². The summed E-state index contributed by atoms with van der Waals surface area (Å²) in [5.41, 5.74) is 12.1. The average molecular weight is 1010 g/mol. The van der Waals surface area contributed by atoms with Crippen molar-refractivity contribution in [3.63, 3.8) is 0 Å². The third kappa shape index (κ3) is 11.9. The average Bonchev–Trinajstić information content (AvgIpc) is 4.11. The molecule has 22 heteroatoms. The number of nitrogens with two attached hydrogens (primary N) is 2. The fourth-order valence-electron chi connectivity index (χ4n) is 7.40. The molecule has 4 aromatic heterocycles. The smallest absolute Gasteiger partial charge is 0.326 e. The molecule has 6 aromatic rings. The molecule has 0 amide bonds. The highest BCUT2D eigenvalue weighted by Crippen LogP contribution is 2.38. The van der Waals surface area contributed by atoms with Gasteiger partial charge in [-0.15, -0.1) is 0 Å². The minimum absolute atomic E-state index is 0.0564. The van der Waals surface area contributed by atoms with Gasteiger partial charge in [-0.05, 0) is 109 Å². The van der Waals surface area contributed by atoms with Gasteiger partial charge in [-0.1, -0.05) is 56.7 Å². The quantitative estimate of drug-likeness (QED) is 0.0809. The minimum Gasteiger partial charge on any atom is -0.490 e. The normalized spacial score (nSPS) is 20.0. The first-order valence-corrected chi connectivity index (χ1v) is 23.1. The van der Waals surface area contributed by atoms with E-state index in [0.29, 0.717) is 110 Å². The summed E-state index contributed by atoms with van der Waals surface area (Å²) < 4.78 is 38.8. The highest BCUT2D eigenvalue weighted by atomic mass is 35.5. The second-order valence-corrected chi connectivity index (χ2v) is 18.4. The predicted octanol–water partition coefficient (Wildman–Crippen LogP) is 9.69. The molecule has 4 atom stereocenters. The third-order valence-electron chi connectivity index (χ3n) is 10.7. The van der Waals surface area contributed by atoms with Crippen LogP contribution in [0.1, 0.15) is 73.1 Å². The van der Waals surface area contributed by atoms with Crippen LogP contribution in [-0.2, 0) is 14.3 Å². The van der Waals surface area contributed by atoms with Gasteiger partial charge in [0, 0.05) is 36.4 Å². The van der Waals surface area contributed by atoms with E-state index in [-0.39, 0.29) is 48.4 Å². The Morgan fingerprint density at radius 3 is 1.53 bits per heavy atom. The highest BCUT2D eigenvalue weighted by Gasteiger charge is 2.45. The zero-order valence-electron chi connectivity index (χ0n) is 37.5. The fraction of sp³-hybridized carbons (Fsp3) is 0.391. The van der Waals surface area contributed by atoms with Gasteiger partial charge in [-0.2, -0.15) is 9.97 Å². The SMILES string of the molecule is CC(C)Oc1ncc(-c2nc(-c3ccc(OC4CCC(N)(C(=O)O)C4)cc3Cl)no2)cc1Cl.CCOC(=O)C1(N)CCC(Oc2ccc(-c3noc(-c4cnc(OC(C)C)c(Cl)c4)n3)c(Cl)c2)C1. The number of hydrogen-bond donors (Lipinski definition) is 3. The molecular formula is C46H48Cl4N8O10. The Balaban J connectivity index is 0.000000202. The van der Waals surface area contributed by atoms with E-state index in [9.17, 15) is 14.7 Å². The number of carbonyl (C=O) groups is 2. The maximum Gasteiger partial charge on any atom is 0.326 e. The van der Waals surface area contributed by atoms with Crippen LogP contribution in [-0.4, -0.2) is 89.4 Å². The monoisotopic (exact) mass is 1010 g/mol. The Morgan fingerprint density at radius 1 is 0.706 bits per heavy atom. The van der Waals surface area contributed by atoms with Crippen LogP contribution in [0.2, 0.25) is 20.1 Å². The maximum absolute atomic E-state index is 12.1. The summed E-state index contributed by atoms with van der Waals surface area (Å²) >= 11 is 25.4. The van der Waals surface area contributed by atoms with E-state index in [1.54, 1.807) is 61.7 Å². The van der Waals surface area contributed by atoms with Crippen LogP contribution in [0.4, 0.5) is 0 Å². The molecule has 0 saturated heterocycles. The summed E-state index contributed by atoms with van der Waals surface area (Å²) in [6.45, 7) is 9.58. The number of benzene rings is 2. The van der Waals surface area contributed by atoms with Crippen molar-refractivity contribution >= 4 is 58.3 Å².